The Labute approximate surface area is 394 Å². The van der Waals surface area contributed by atoms with E-state index in [9.17, 15) is 19.0 Å². The minimum absolute atomic E-state index is 0.0516. The Balaban J connectivity index is 3.89. The smallest absolute Gasteiger partial charge is 0.462 e. The highest BCUT2D eigenvalue weighted by molar-refractivity contribution is 7.47. The van der Waals surface area contributed by atoms with Gasteiger partial charge in [0, 0.05) is 19.4 Å². The van der Waals surface area contributed by atoms with Crippen LogP contribution in [0.1, 0.15) is 264 Å². The molecule has 3 N–H and O–H groups in total. The average Bonchev–Trinajstić information content (AvgIpc) is 3.28. The van der Waals surface area contributed by atoms with Crippen molar-refractivity contribution in [1.82, 2.24) is 0 Å². The lowest BCUT2D eigenvalue weighted by molar-refractivity contribution is -0.161. The van der Waals surface area contributed by atoms with Gasteiger partial charge in [0.2, 0.25) is 0 Å². The zero-order chi connectivity index (χ0) is 46.7. The number of carbonyl (C=O) groups is 2. The molecule has 2 atom stereocenters. The van der Waals surface area contributed by atoms with Crippen molar-refractivity contribution < 1.29 is 37.6 Å². The molecule has 0 aliphatic carbocycles. The van der Waals surface area contributed by atoms with E-state index in [0.29, 0.717) is 6.42 Å². The van der Waals surface area contributed by atoms with Crippen LogP contribution in [0.4, 0.5) is 0 Å². The van der Waals surface area contributed by atoms with E-state index in [2.05, 4.69) is 50.3 Å². The van der Waals surface area contributed by atoms with Crippen molar-refractivity contribution in [3.05, 3.63) is 36.5 Å². The van der Waals surface area contributed by atoms with Gasteiger partial charge in [-0.05, 0) is 64.2 Å². The number of unbranched alkanes of at least 4 members (excludes halogenated alkanes) is 32. The van der Waals surface area contributed by atoms with E-state index in [1.165, 1.54) is 167 Å². The third kappa shape index (κ3) is 49.7. The highest BCUT2D eigenvalue weighted by atomic mass is 31.2. The quantitative estimate of drug-likeness (QED) is 0.0265. The largest absolute Gasteiger partial charge is 0.472 e. The molecule has 0 aromatic rings. The molecule has 0 spiro atoms. The number of phosphoric ester groups is 1. The van der Waals surface area contributed by atoms with E-state index in [0.717, 1.165) is 64.2 Å². The molecule has 0 aliphatic heterocycles. The number of hydrogen-bond donors (Lipinski definition) is 2. The minimum Gasteiger partial charge on any atom is -0.462 e. The molecule has 0 heterocycles. The molecular weight excluding hydrogens is 822 g/mol. The number of allylic oxidation sites excluding steroid dienone is 6. The third-order valence-electron chi connectivity index (χ3n) is 11.7. The number of hydrogen-bond acceptors (Lipinski definition) is 8. The van der Waals surface area contributed by atoms with Gasteiger partial charge in [-0.25, -0.2) is 4.57 Å². The Morgan fingerprint density at radius 3 is 1.25 bits per heavy atom. The van der Waals surface area contributed by atoms with Crippen LogP contribution in [0.3, 0.4) is 0 Å². The average molecular weight is 924 g/mol. The van der Waals surface area contributed by atoms with Gasteiger partial charge >= 0.3 is 19.8 Å². The van der Waals surface area contributed by atoms with Crippen molar-refractivity contribution >= 4 is 19.8 Å². The van der Waals surface area contributed by atoms with Crippen molar-refractivity contribution in [1.29, 1.82) is 0 Å². The Morgan fingerprint density at radius 2 is 0.828 bits per heavy atom. The molecule has 64 heavy (non-hydrogen) atoms. The van der Waals surface area contributed by atoms with Crippen LogP contribution in [0.15, 0.2) is 36.5 Å². The van der Waals surface area contributed by atoms with Crippen LogP contribution in [0.25, 0.3) is 0 Å². The molecular formula is C54H102NO8P. The van der Waals surface area contributed by atoms with Gasteiger partial charge in [-0.1, -0.05) is 224 Å². The number of ether oxygens (including phenoxy) is 2. The summed E-state index contributed by atoms with van der Waals surface area (Å²) in [4.78, 5) is 35.0. The fraction of sp³-hybridized carbons (Fsp3) is 0.852. The zero-order valence-electron chi connectivity index (χ0n) is 41.8. The number of phosphoric acid groups is 1. The topological polar surface area (TPSA) is 134 Å². The van der Waals surface area contributed by atoms with E-state index in [1.54, 1.807) is 0 Å². The van der Waals surface area contributed by atoms with Gasteiger partial charge in [0.25, 0.3) is 0 Å². The van der Waals surface area contributed by atoms with Gasteiger partial charge in [0.15, 0.2) is 6.10 Å². The molecule has 0 saturated carbocycles. The molecule has 376 valence electrons. The number of nitrogens with two attached hydrogens (primary N) is 1. The first-order valence-electron chi connectivity index (χ1n) is 27.0. The van der Waals surface area contributed by atoms with E-state index in [4.69, 9.17) is 24.3 Å². The maximum absolute atomic E-state index is 12.6. The molecule has 0 radical (unpaired) electrons. The second-order valence-corrected chi connectivity index (χ2v) is 19.5. The molecule has 0 aromatic heterocycles. The van der Waals surface area contributed by atoms with Crippen molar-refractivity contribution in [2.24, 2.45) is 5.73 Å². The maximum Gasteiger partial charge on any atom is 0.472 e. The fourth-order valence-electron chi connectivity index (χ4n) is 7.71. The first-order chi connectivity index (χ1) is 31.3. The minimum atomic E-state index is -4.38. The van der Waals surface area contributed by atoms with Gasteiger partial charge in [0.05, 0.1) is 13.2 Å². The highest BCUT2D eigenvalue weighted by Crippen LogP contribution is 2.43. The van der Waals surface area contributed by atoms with Crippen LogP contribution in [-0.4, -0.2) is 49.3 Å². The predicted molar refractivity (Wildman–Crippen MR) is 270 cm³/mol. The summed E-state index contributed by atoms with van der Waals surface area (Å²) in [6.07, 6.45) is 59.2. The molecule has 0 amide bonds. The summed E-state index contributed by atoms with van der Waals surface area (Å²) >= 11 is 0. The Kier molecular flexibility index (Phi) is 49.2. The SMILES string of the molecule is CCCC/C=C\C/C=C\CCCCCCCC(=O)OC(COC(=O)CCCCCCCCCCCCCCCCCCC/C=C\CCCCCCCCCC)COP(=O)(O)OCCN. The van der Waals surface area contributed by atoms with Gasteiger partial charge < -0.3 is 20.1 Å². The standard InChI is InChI=1S/C54H102NO8P/c1-3-5-7-9-11-13-15-17-19-20-21-22-23-24-25-26-27-28-29-30-31-32-33-35-36-38-40-42-44-46-53(56)60-50-52(51-62-64(58,59)61-49-48-55)63-54(57)47-45-43-41-39-37-34-18-16-14-12-10-8-6-4-2/h10,12,16,18,20-21,52H,3-9,11,13-15,17,19,22-51,55H2,1-2H3,(H,58,59)/b12-10-,18-16-,21-20-. The second-order valence-electron chi connectivity index (χ2n) is 18.1. The summed E-state index contributed by atoms with van der Waals surface area (Å²) in [6.45, 7) is 3.71. The Hall–Kier alpha value is -1.77. The van der Waals surface area contributed by atoms with Crippen molar-refractivity contribution in [3.63, 3.8) is 0 Å². The zero-order valence-corrected chi connectivity index (χ0v) is 42.7. The summed E-state index contributed by atoms with van der Waals surface area (Å²) in [6, 6.07) is 0. The normalized spacial score (nSPS) is 13.4. The molecule has 0 aromatic carbocycles. The van der Waals surface area contributed by atoms with Crippen molar-refractivity contribution in [2.75, 3.05) is 26.4 Å². The first-order valence-corrected chi connectivity index (χ1v) is 28.5. The van der Waals surface area contributed by atoms with Crippen molar-refractivity contribution in [3.8, 4) is 0 Å². The van der Waals surface area contributed by atoms with Gasteiger partial charge in [-0.15, -0.1) is 0 Å². The first kappa shape index (κ1) is 62.2. The van der Waals surface area contributed by atoms with E-state index in [-0.39, 0.29) is 38.6 Å². The monoisotopic (exact) mass is 924 g/mol. The lowest BCUT2D eigenvalue weighted by Gasteiger charge is -2.19. The van der Waals surface area contributed by atoms with Crippen LogP contribution in [0, 0.1) is 0 Å². The fourth-order valence-corrected chi connectivity index (χ4v) is 8.47. The Bertz CT molecular complexity index is 1140. The second kappa shape index (κ2) is 50.6. The summed E-state index contributed by atoms with van der Waals surface area (Å²) in [5.74, 6) is -0.835. The summed E-state index contributed by atoms with van der Waals surface area (Å²) in [7, 11) is -4.38. The number of carbonyl (C=O) groups excluding carboxylic acids is 2. The van der Waals surface area contributed by atoms with Gasteiger partial charge in [-0.3, -0.25) is 18.6 Å². The lowest BCUT2D eigenvalue weighted by Crippen LogP contribution is -2.29. The maximum atomic E-state index is 12.6. The number of esters is 2. The summed E-state index contributed by atoms with van der Waals surface area (Å²) in [5.41, 5.74) is 5.36. The lowest BCUT2D eigenvalue weighted by atomic mass is 10.0. The molecule has 0 rings (SSSR count). The van der Waals surface area contributed by atoms with E-state index in [1.807, 2.05) is 0 Å². The molecule has 0 aliphatic rings. The van der Waals surface area contributed by atoms with Gasteiger partial charge in [-0.2, -0.15) is 0 Å². The predicted octanol–water partition coefficient (Wildman–Crippen LogP) is 16.5. The number of rotatable bonds is 51. The summed E-state index contributed by atoms with van der Waals surface area (Å²) in [5, 5.41) is 0. The van der Waals surface area contributed by atoms with Gasteiger partial charge in [0.1, 0.15) is 6.61 Å². The summed E-state index contributed by atoms with van der Waals surface area (Å²) < 4.78 is 32.9. The van der Waals surface area contributed by atoms with Crippen LogP contribution < -0.4 is 5.73 Å². The molecule has 2 unspecified atom stereocenters. The molecule has 0 bridgehead atoms. The van der Waals surface area contributed by atoms with Crippen LogP contribution in [0.5, 0.6) is 0 Å². The van der Waals surface area contributed by atoms with E-state index < -0.39 is 26.5 Å². The molecule has 0 saturated heterocycles. The van der Waals surface area contributed by atoms with Crippen molar-refractivity contribution in [2.45, 2.75) is 270 Å². The molecule has 10 heteroatoms. The molecule has 9 nitrogen and oxygen atoms in total. The van der Waals surface area contributed by atoms with Crippen LogP contribution in [0.2, 0.25) is 0 Å². The molecule has 0 fully saturated rings. The highest BCUT2D eigenvalue weighted by Gasteiger charge is 2.26. The van der Waals surface area contributed by atoms with Crippen LogP contribution in [-0.2, 0) is 32.7 Å². The van der Waals surface area contributed by atoms with E-state index >= 15 is 0 Å². The van der Waals surface area contributed by atoms with Crippen LogP contribution >= 0.6 is 7.82 Å². The Morgan fingerprint density at radius 1 is 0.469 bits per heavy atom. The third-order valence-corrected chi connectivity index (χ3v) is 12.7.